The number of hydrogen-bond acceptors (Lipinski definition) is 3. The van der Waals surface area contributed by atoms with Crippen molar-refractivity contribution in [1.29, 1.82) is 0 Å². The Morgan fingerprint density at radius 2 is 1.42 bits per heavy atom. The van der Waals surface area contributed by atoms with Gasteiger partial charge in [0.2, 0.25) is 0 Å². The number of benzene rings is 2. The third-order valence-corrected chi connectivity index (χ3v) is 6.20. The van der Waals surface area contributed by atoms with Gasteiger partial charge in [-0.05, 0) is 60.2 Å². The van der Waals surface area contributed by atoms with Crippen LogP contribution in [0.1, 0.15) is 70.1 Å². The summed E-state index contributed by atoms with van der Waals surface area (Å²) >= 11 is 5.37. The first-order valence-corrected chi connectivity index (χ1v) is 16.2. The quantitative estimate of drug-likeness (QED) is 0.205. The van der Waals surface area contributed by atoms with E-state index < -0.39 is 0 Å². The molecule has 36 heavy (non-hydrogen) atoms. The number of hydrogen-bond donors (Lipinski definition) is 0. The fourth-order valence-electron chi connectivity index (χ4n) is 3.99. The molecule has 0 radical (unpaired) electrons. The second-order valence-corrected chi connectivity index (χ2v) is 11.9. The topological polar surface area (TPSA) is 19.4 Å². The number of halogens is 3. The Kier molecular flexibility index (Phi) is 13.3. The molecule has 2 heterocycles. The van der Waals surface area contributed by atoms with E-state index in [4.69, 9.17) is 30.7 Å². The first-order valence-electron chi connectivity index (χ1n) is 11.8. The van der Waals surface area contributed by atoms with Crippen LogP contribution in [0.5, 0.6) is 0 Å². The standard InChI is InChI=1S/C24H31N2.C5H4ClN.2ClH.Pd/c1-17(2)22-13-10-14-23(18(3)4)24(22)26-16-25(19(5)20(26)6)15-21-11-8-7-9-12-21;6-5-2-1-3-7-4-5;;;/h7-14,16-18H,15H2,1-6H3;1-4H;2*1H;/q-1;;;;+2/p-2. The molecule has 4 rings (SSSR count). The summed E-state index contributed by atoms with van der Waals surface area (Å²) in [5, 5.41) is 0.683. The summed E-state index contributed by atoms with van der Waals surface area (Å²) < 4.78 is 0. The second kappa shape index (κ2) is 15.7. The van der Waals surface area contributed by atoms with Gasteiger partial charge in [0.1, 0.15) is 0 Å². The summed E-state index contributed by atoms with van der Waals surface area (Å²) in [6.45, 7) is 16.8. The molecule has 3 aromatic rings. The van der Waals surface area contributed by atoms with Crippen LogP contribution in [0.15, 0.2) is 84.5 Å². The molecule has 0 atom stereocenters. The van der Waals surface area contributed by atoms with E-state index in [1.165, 1.54) is 33.8 Å². The zero-order valence-electron chi connectivity index (χ0n) is 21.7. The number of aromatic nitrogens is 1. The number of anilines is 1. The SMILES string of the molecule is CC1=C(C)N(c2c(C(C)C)cccc2C(C)C)[CH-]N1Cc1ccccc1.Clc1cccnc1.[Cl][Pd][Cl]. The minimum absolute atomic E-state index is 0.106. The Bertz CT molecular complexity index is 1060. The zero-order chi connectivity index (χ0) is 26.7. The number of pyridine rings is 1. The fraction of sp³-hybridized carbons (Fsp3) is 0.310. The van der Waals surface area contributed by atoms with Crippen molar-refractivity contribution in [2.45, 2.75) is 59.9 Å². The number of allylic oxidation sites excluding steroid dienone is 2. The van der Waals surface area contributed by atoms with E-state index in [0.717, 1.165) is 6.54 Å². The van der Waals surface area contributed by atoms with E-state index in [0.29, 0.717) is 16.9 Å². The van der Waals surface area contributed by atoms with Gasteiger partial charge in [0.25, 0.3) is 0 Å². The molecule has 0 aliphatic carbocycles. The molecule has 0 amide bonds. The van der Waals surface area contributed by atoms with Crippen molar-refractivity contribution >= 4 is 36.3 Å². The van der Waals surface area contributed by atoms with E-state index in [-0.39, 0.29) is 15.9 Å². The maximum absolute atomic E-state index is 5.48. The zero-order valence-corrected chi connectivity index (χ0v) is 25.5. The molecule has 0 saturated heterocycles. The molecule has 0 saturated carbocycles. The van der Waals surface area contributed by atoms with Crippen LogP contribution in [0.4, 0.5) is 5.69 Å². The van der Waals surface area contributed by atoms with Crippen molar-refractivity contribution in [3.8, 4) is 0 Å². The molecular formula is C29H35Cl3N3Pd-. The van der Waals surface area contributed by atoms with E-state index in [1.807, 2.05) is 0 Å². The van der Waals surface area contributed by atoms with Crippen molar-refractivity contribution in [2.24, 2.45) is 0 Å². The van der Waals surface area contributed by atoms with E-state index >= 15 is 0 Å². The normalized spacial score (nSPS) is 13.1. The van der Waals surface area contributed by atoms with Gasteiger partial charge in [-0.3, -0.25) is 4.98 Å². The van der Waals surface area contributed by atoms with Crippen LogP contribution in [0.2, 0.25) is 5.02 Å². The van der Waals surface area contributed by atoms with Gasteiger partial charge >= 0.3 is 35.0 Å². The molecule has 0 bridgehead atoms. The van der Waals surface area contributed by atoms with Crippen LogP contribution >= 0.6 is 30.7 Å². The Labute approximate surface area is 238 Å². The van der Waals surface area contributed by atoms with E-state index in [2.05, 4.69) is 112 Å². The second-order valence-electron chi connectivity index (χ2n) is 9.08. The molecule has 1 aliphatic rings. The molecule has 0 N–H and O–H groups in total. The van der Waals surface area contributed by atoms with Crippen LogP contribution in [0, 0.1) is 6.67 Å². The number of para-hydroxylation sites is 1. The monoisotopic (exact) mass is 636 g/mol. The summed E-state index contributed by atoms with van der Waals surface area (Å²) in [6.07, 6.45) is 3.29. The summed E-state index contributed by atoms with van der Waals surface area (Å²) in [7, 11) is 9.63. The van der Waals surface area contributed by atoms with Gasteiger partial charge in [0.05, 0.1) is 5.02 Å². The fourth-order valence-corrected chi connectivity index (χ4v) is 4.12. The molecule has 7 heteroatoms. The van der Waals surface area contributed by atoms with Crippen molar-refractivity contribution in [3.05, 3.63) is 113 Å². The molecule has 0 fully saturated rings. The Balaban J connectivity index is 0.000000383. The summed E-state index contributed by atoms with van der Waals surface area (Å²) in [6, 6.07) is 21.0. The molecule has 0 spiro atoms. The van der Waals surface area contributed by atoms with Crippen molar-refractivity contribution in [3.63, 3.8) is 0 Å². The average Bonchev–Trinajstić information content (AvgIpc) is 3.13. The van der Waals surface area contributed by atoms with Gasteiger partial charge in [-0.1, -0.05) is 87.8 Å². The molecule has 198 valence electrons. The van der Waals surface area contributed by atoms with Gasteiger partial charge in [0, 0.05) is 30.3 Å². The first-order chi connectivity index (χ1) is 17.2. The van der Waals surface area contributed by atoms with E-state index in [9.17, 15) is 0 Å². The number of nitrogens with zero attached hydrogens (tertiary/aromatic N) is 3. The van der Waals surface area contributed by atoms with Crippen molar-refractivity contribution < 1.29 is 15.9 Å². The van der Waals surface area contributed by atoms with Crippen LogP contribution in [-0.4, -0.2) is 9.88 Å². The Morgan fingerprint density at radius 1 is 0.833 bits per heavy atom. The first kappa shape index (κ1) is 30.7. The van der Waals surface area contributed by atoms with Gasteiger partial charge in [-0.25, -0.2) is 0 Å². The molecule has 1 aliphatic heterocycles. The summed E-state index contributed by atoms with van der Waals surface area (Å²) in [4.78, 5) is 8.52. The molecule has 3 nitrogen and oxygen atoms in total. The summed E-state index contributed by atoms with van der Waals surface area (Å²) in [5.74, 6) is 0.988. The molecule has 1 aromatic heterocycles. The minimum atomic E-state index is -0.106. The predicted molar refractivity (Wildman–Crippen MR) is 153 cm³/mol. The molecular weight excluding hydrogens is 603 g/mol. The Morgan fingerprint density at radius 3 is 1.86 bits per heavy atom. The van der Waals surface area contributed by atoms with Crippen molar-refractivity contribution in [2.75, 3.05) is 4.90 Å². The average molecular weight is 638 g/mol. The third-order valence-electron chi connectivity index (χ3n) is 5.98. The van der Waals surface area contributed by atoms with Gasteiger partial charge < -0.3 is 9.80 Å². The third kappa shape index (κ3) is 8.79. The van der Waals surface area contributed by atoms with Crippen LogP contribution in [0.3, 0.4) is 0 Å². The van der Waals surface area contributed by atoms with Crippen LogP contribution in [0.25, 0.3) is 0 Å². The maximum atomic E-state index is 5.48. The van der Waals surface area contributed by atoms with Gasteiger partial charge in [-0.2, -0.15) is 6.67 Å². The number of rotatable bonds is 5. The van der Waals surface area contributed by atoms with Gasteiger partial charge in [-0.15, -0.1) is 0 Å². The van der Waals surface area contributed by atoms with Gasteiger partial charge in [0.15, 0.2) is 0 Å². The van der Waals surface area contributed by atoms with Crippen LogP contribution < -0.4 is 4.90 Å². The van der Waals surface area contributed by atoms with Crippen LogP contribution in [-0.2, 0) is 22.5 Å². The van der Waals surface area contributed by atoms with E-state index in [1.54, 1.807) is 24.5 Å². The predicted octanol–water partition coefficient (Wildman–Crippen LogP) is 9.74. The molecule has 0 unspecified atom stereocenters. The Hall–Kier alpha value is -1.54. The van der Waals surface area contributed by atoms with Crippen molar-refractivity contribution in [1.82, 2.24) is 9.88 Å². The molecule has 2 aromatic carbocycles. The summed E-state index contributed by atoms with van der Waals surface area (Å²) in [5.41, 5.74) is 8.17.